The number of fused-ring (bicyclic) bond motifs is 12. The van der Waals surface area contributed by atoms with E-state index in [1.165, 1.54) is 93.9 Å². The predicted octanol–water partition coefficient (Wildman–Crippen LogP) is 19.3. The average Bonchev–Trinajstić information content (AvgIpc) is 0.980. The smallest absolute Gasteiger partial charge is 0.132 e. The van der Waals surface area contributed by atoms with Crippen LogP contribution in [0, 0.1) is 0 Å². The summed E-state index contributed by atoms with van der Waals surface area (Å²) < 4.78 is 0. The molecule has 0 aliphatic carbocycles. The Kier molecular flexibility index (Phi) is 32.1. The number of benzene rings is 10. The van der Waals surface area contributed by atoms with Crippen molar-refractivity contribution in [1.82, 2.24) is 40.4 Å². The van der Waals surface area contributed by atoms with Crippen LogP contribution in [0.1, 0.15) is 44.5 Å². The number of nitrogens with one attached hydrogen (secondary N) is 6. The van der Waals surface area contributed by atoms with Gasteiger partial charge in [-0.05, 0) is 176 Å². The summed E-state index contributed by atoms with van der Waals surface area (Å²) in [6.07, 6.45) is 57.3. The van der Waals surface area contributed by atoms with Crippen LogP contribution in [0.5, 0.6) is 0 Å². The predicted molar refractivity (Wildman–Crippen MR) is 505 cm³/mol. The normalized spacial score (nSPS) is 14.2. The monoisotopic (exact) mass is 1570 g/mol. The Morgan fingerprint density at radius 2 is 1.04 bits per heavy atom. The first-order chi connectivity index (χ1) is 59.6. The van der Waals surface area contributed by atoms with E-state index >= 15 is 0 Å². The van der Waals surface area contributed by atoms with Gasteiger partial charge < -0.3 is 41.7 Å². The first kappa shape index (κ1) is 82.5. The second-order valence-corrected chi connectivity index (χ2v) is 27.5. The van der Waals surface area contributed by atoms with Gasteiger partial charge in [-0.2, -0.15) is 0 Å². The number of aromatic nitrogens is 4. The van der Waals surface area contributed by atoms with Gasteiger partial charge in [0.25, 0.3) is 0 Å². The van der Waals surface area contributed by atoms with E-state index < -0.39 is 0 Å². The van der Waals surface area contributed by atoms with Crippen molar-refractivity contribution in [2.45, 2.75) is 25.9 Å². The number of nitrogens with zero attached hydrogens (tertiary/aromatic N) is 11. The number of hydrogen-bond donors (Lipinski definition) is 6. The van der Waals surface area contributed by atoms with E-state index in [9.17, 15) is 0 Å². The fourth-order valence-electron chi connectivity index (χ4n) is 13.0. The molecule has 120 heavy (non-hydrogen) atoms. The molecule has 0 spiro atoms. The topological polar surface area (TPSA) is 192 Å². The molecule has 10 aromatic carbocycles. The minimum Gasteiger partial charge on any atom is -0.387 e. The van der Waals surface area contributed by atoms with E-state index in [1.54, 1.807) is 12.7 Å². The van der Waals surface area contributed by atoms with Gasteiger partial charge in [0.05, 0.1) is 30.5 Å². The first-order valence-electron chi connectivity index (χ1n) is 40.2. The lowest BCUT2D eigenvalue weighted by Crippen LogP contribution is -2.32. The molecule has 3 aromatic heterocycles. The third kappa shape index (κ3) is 26.3. The van der Waals surface area contributed by atoms with Crippen LogP contribution in [0.15, 0.2) is 415 Å². The maximum absolute atomic E-state index is 4.27. The zero-order valence-corrected chi connectivity index (χ0v) is 67.0. The molecule has 594 valence electrons. The van der Waals surface area contributed by atoms with Crippen molar-refractivity contribution < 1.29 is 0 Å². The van der Waals surface area contributed by atoms with Crippen LogP contribution in [0.2, 0.25) is 0 Å². The van der Waals surface area contributed by atoms with Crippen LogP contribution in [-0.2, 0) is 25.9 Å². The fourth-order valence-corrected chi connectivity index (χ4v) is 13.0. The second-order valence-electron chi connectivity index (χ2n) is 27.5. The Bertz CT molecular complexity index is 5340. The van der Waals surface area contributed by atoms with Gasteiger partial charge in [-0.25, -0.2) is 15.0 Å². The van der Waals surface area contributed by atoms with Crippen molar-refractivity contribution in [3.63, 3.8) is 0 Å². The van der Waals surface area contributed by atoms with Gasteiger partial charge in [0.1, 0.15) is 24.7 Å². The maximum Gasteiger partial charge on any atom is 0.132 e. The fraction of sp³-hybridized carbons (Fsp3) is 0.0971. The molecule has 24 rings (SSSR count). The molecule has 13 aromatic rings. The van der Waals surface area contributed by atoms with Gasteiger partial charge >= 0.3 is 0 Å². The Balaban J connectivity index is 0.000000113. The molecule has 6 N–H and O–H groups in total. The highest BCUT2D eigenvalue weighted by Gasteiger charge is 2.10. The molecule has 11 aliphatic rings. The number of rotatable bonds is 0. The van der Waals surface area contributed by atoms with Crippen molar-refractivity contribution in [3.8, 4) is 0 Å². The van der Waals surface area contributed by atoms with Crippen LogP contribution >= 0.6 is 0 Å². The average molecular weight is 1570 g/mol. The molecule has 0 bridgehead atoms. The molecule has 0 saturated carbocycles. The molecule has 11 aliphatic heterocycles. The molecule has 0 saturated heterocycles. The Labute approximate surface area is 702 Å². The van der Waals surface area contributed by atoms with Gasteiger partial charge in [-0.3, -0.25) is 29.9 Å². The number of para-hydroxylation sites is 6. The van der Waals surface area contributed by atoms with E-state index in [-0.39, 0.29) is 0 Å². The van der Waals surface area contributed by atoms with Gasteiger partial charge in [0, 0.05) is 140 Å². The number of allylic oxidation sites excluding steroid dienone is 5. The Morgan fingerprint density at radius 1 is 0.392 bits per heavy atom. The van der Waals surface area contributed by atoms with Gasteiger partial charge in [-0.1, -0.05) is 249 Å². The number of hydrogen-bond acceptors (Lipinski definition) is 17. The number of anilines is 4. The Hall–Kier alpha value is -15.5. The number of pyridine rings is 2. The lowest BCUT2D eigenvalue weighted by molar-refractivity contribution is 0.614. The molecule has 0 atom stereocenters. The Morgan fingerprint density at radius 3 is 1.79 bits per heavy atom. The molecule has 0 radical (unpaired) electrons. The molecular formula is C103H97N17. The third-order valence-electron chi connectivity index (χ3n) is 19.2. The largest absolute Gasteiger partial charge is 0.387 e. The highest BCUT2D eigenvalue weighted by molar-refractivity contribution is 5.97. The van der Waals surface area contributed by atoms with Crippen LogP contribution in [0.4, 0.5) is 22.7 Å². The minimum absolute atomic E-state index is 0.705. The first-order valence-corrected chi connectivity index (χ1v) is 40.2. The number of amidine groups is 2. The highest BCUT2D eigenvalue weighted by atomic mass is 15.2. The van der Waals surface area contributed by atoms with E-state index in [2.05, 4.69) is 270 Å². The van der Waals surface area contributed by atoms with Crippen molar-refractivity contribution >= 4 is 110 Å². The zero-order valence-electron chi connectivity index (χ0n) is 67.0. The van der Waals surface area contributed by atoms with Gasteiger partial charge in [-0.15, -0.1) is 0 Å². The number of aliphatic imine (C=N–C) groups is 5. The van der Waals surface area contributed by atoms with Crippen LogP contribution in [-0.4, -0.2) is 99.6 Å². The quantitative estimate of drug-likeness (QED) is 0.0843. The lowest BCUT2D eigenvalue weighted by atomic mass is 10.0. The van der Waals surface area contributed by atoms with E-state index in [1.807, 2.05) is 237 Å². The maximum atomic E-state index is 4.27. The summed E-state index contributed by atoms with van der Waals surface area (Å²) in [5.41, 5.74) is 17.4. The summed E-state index contributed by atoms with van der Waals surface area (Å²) in [4.78, 5) is 41.1. The molecule has 0 unspecified atom stereocenters. The molecule has 14 heterocycles. The minimum atomic E-state index is 0.705. The summed E-state index contributed by atoms with van der Waals surface area (Å²) in [5, 5.41) is 26.4. The molecular weight excluding hydrogens is 1480 g/mol. The summed E-state index contributed by atoms with van der Waals surface area (Å²) in [7, 11) is 0. The van der Waals surface area contributed by atoms with Gasteiger partial charge in [0.2, 0.25) is 0 Å². The van der Waals surface area contributed by atoms with Crippen molar-refractivity contribution in [1.29, 1.82) is 0 Å². The zero-order chi connectivity index (χ0) is 81.7. The highest BCUT2D eigenvalue weighted by Crippen LogP contribution is 2.23. The third-order valence-corrected chi connectivity index (χ3v) is 19.2. The van der Waals surface area contributed by atoms with Crippen molar-refractivity contribution in [2.75, 3.05) is 60.7 Å². The lowest BCUT2D eigenvalue weighted by Gasteiger charge is -2.22. The molecule has 17 nitrogen and oxygen atoms in total. The summed E-state index contributed by atoms with van der Waals surface area (Å²) >= 11 is 0. The van der Waals surface area contributed by atoms with Crippen molar-refractivity contribution in [3.05, 3.63) is 445 Å². The molecule has 17 heteroatoms. The van der Waals surface area contributed by atoms with E-state index in [0.29, 0.717) is 6.67 Å². The molecule has 0 fully saturated rings. The van der Waals surface area contributed by atoms with Crippen LogP contribution < -0.4 is 42.3 Å². The standard InChI is InChI=1S/2C9H9N.C9H7N.3C9H9N.C9H7N.4C8H8N2.C8H6N2/c3*1-2-6-9-8(4-1)5-3-7-10-9;4*1-2-4-9-7-10-6-5-8(9)3-1;2*1-2-6-10-7-3-5-9-8(10)4-1;3*1-2-4-8-7(3-1)5-9-6-10-8/h1-4,6-7,10H,5H2;1-6,10H,7H2;1-7H;1-4,7H,5-6H2;1-5,7,10H,6H2;1-6,10H,7H2;1-7H;1-4,6-7H,5H2;1-6H,7H2;1-4,6H,5H2,(H,9,10);1-5,10H,6H2;1-6H. The van der Waals surface area contributed by atoms with E-state index in [0.717, 1.165) is 86.7 Å². The van der Waals surface area contributed by atoms with Crippen LogP contribution in [0.25, 0.3) is 57.0 Å². The second kappa shape index (κ2) is 46.8. The summed E-state index contributed by atoms with van der Waals surface area (Å²) in [6, 6.07) is 88.3. The summed E-state index contributed by atoms with van der Waals surface area (Å²) in [5.74, 6) is 2.06. The summed E-state index contributed by atoms with van der Waals surface area (Å²) in [6.45, 7) is 7.10. The van der Waals surface area contributed by atoms with Crippen molar-refractivity contribution in [2.24, 2.45) is 25.0 Å². The van der Waals surface area contributed by atoms with Crippen LogP contribution in [0.3, 0.4) is 0 Å². The molecule has 0 amide bonds. The van der Waals surface area contributed by atoms with E-state index in [4.69, 9.17) is 0 Å². The van der Waals surface area contributed by atoms with Gasteiger partial charge in [0.15, 0.2) is 0 Å². The SMILES string of the molecule is C1=CC2=NC=CCN2C=C1.C1=CC2=NCC=CN2C=C1.C1=CNc2ccccc2C1.C1=Cc2ccccc2CN1.C1=Cc2ccccc2NC1.C1=NCCc2ccccc21.C1=NCNc2ccccc21.C1=NCc2ccccc2N1.C1=c2ccccc2=CNC1.c1ccc2cnccc2c1.c1ccc2ncccc2c1.c1ccc2ncncc2c1.